The minimum Gasteiger partial charge on any atom is -0.237 e. The Hall–Kier alpha value is -3.79. The van der Waals surface area contributed by atoms with E-state index in [1.165, 1.54) is 5.56 Å². The highest BCUT2D eigenvalue weighted by Gasteiger charge is 2.12. The van der Waals surface area contributed by atoms with Crippen LogP contribution < -0.4 is 0 Å². The first-order valence-electron chi connectivity index (χ1n) is 10.5. The van der Waals surface area contributed by atoms with Crippen molar-refractivity contribution in [3.05, 3.63) is 65.7 Å². The first-order valence-corrected chi connectivity index (χ1v) is 10.5. The van der Waals surface area contributed by atoms with E-state index in [9.17, 15) is 0 Å². The number of hydrogen-bond donors (Lipinski definition) is 1. The molecule has 0 aliphatic rings. The predicted molar refractivity (Wildman–Crippen MR) is 120 cm³/mol. The highest BCUT2D eigenvalue weighted by Crippen LogP contribution is 2.29. The fourth-order valence-corrected chi connectivity index (χ4v) is 3.47. The minimum absolute atomic E-state index is 0.571. The zero-order valence-electron chi connectivity index (χ0n) is 17.8. The van der Waals surface area contributed by atoms with E-state index in [0.717, 1.165) is 54.0 Å². The van der Waals surface area contributed by atoms with E-state index in [1.54, 1.807) is 0 Å². The van der Waals surface area contributed by atoms with Gasteiger partial charge in [0.25, 0.3) is 0 Å². The van der Waals surface area contributed by atoms with Gasteiger partial charge in [-0.15, -0.1) is 16.1 Å². The molecule has 2 aromatic carbocycles. The van der Waals surface area contributed by atoms with Crippen LogP contribution in [0.3, 0.4) is 0 Å². The van der Waals surface area contributed by atoms with Crippen molar-refractivity contribution in [2.45, 2.75) is 46.1 Å². The molecule has 0 aliphatic carbocycles. The number of benzene rings is 2. The second kappa shape index (κ2) is 9.81. The fraction of sp³-hybridized carbons (Fsp3) is 0.292. The number of rotatable bonds is 8. The Bertz CT molecular complexity index is 1180. The van der Waals surface area contributed by atoms with E-state index in [4.69, 9.17) is 4.98 Å². The van der Waals surface area contributed by atoms with Crippen LogP contribution >= 0.6 is 0 Å². The van der Waals surface area contributed by atoms with Crippen LogP contribution in [-0.2, 0) is 19.4 Å². The van der Waals surface area contributed by atoms with Crippen LogP contribution in [0.25, 0.3) is 22.5 Å². The standard InChI is InChI=1S/C24H25N7/c1-3-5-11-22-25-23(31(28-22)16-6-4-2)17-18-12-14-19(15-13-18)20-9-7-8-10-21(20)24-26-29-30-27-24/h7-10,12-15H,3,5,11,16-17H2,1-2H3,(H,26,27,29,30). The molecule has 0 fully saturated rings. The molecule has 7 nitrogen and oxygen atoms in total. The molecule has 4 rings (SSSR count). The topological polar surface area (TPSA) is 85.2 Å². The Balaban J connectivity index is 1.57. The molecule has 2 heterocycles. The van der Waals surface area contributed by atoms with Gasteiger partial charge in [-0.1, -0.05) is 67.8 Å². The molecule has 2 aromatic heterocycles. The van der Waals surface area contributed by atoms with Crippen molar-refractivity contribution in [2.24, 2.45) is 0 Å². The van der Waals surface area contributed by atoms with Crippen LogP contribution in [0.5, 0.6) is 0 Å². The van der Waals surface area contributed by atoms with Crippen molar-refractivity contribution in [2.75, 3.05) is 0 Å². The quantitative estimate of drug-likeness (QED) is 0.442. The number of aryl methyl sites for hydroxylation is 1. The van der Waals surface area contributed by atoms with E-state index < -0.39 is 0 Å². The van der Waals surface area contributed by atoms with Crippen molar-refractivity contribution in [3.8, 4) is 34.4 Å². The largest absolute Gasteiger partial charge is 0.237 e. The molecular formula is C24H25N7. The second-order valence-corrected chi connectivity index (χ2v) is 7.29. The summed E-state index contributed by atoms with van der Waals surface area (Å²) in [4.78, 5) is 4.78. The van der Waals surface area contributed by atoms with Crippen molar-refractivity contribution in [1.29, 1.82) is 0 Å². The van der Waals surface area contributed by atoms with E-state index in [2.05, 4.69) is 74.8 Å². The molecule has 0 radical (unpaired) electrons. The van der Waals surface area contributed by atoms with Crippen LogP contribution in [0.1, 0.15) is 43.9 Å². The van der Waals surface area contributed by atoms with Gasteiger partial charge in [0.1, 0.15) is 12.4 Å². The van der Waals surface area contributed by atoms with Crippen LogP contribution in [0, 0.1) is 11.8 Å². The summed E-state index contributed by atoms with van der Waals surface area (Å²) in [5.74, 6) is 8.49. The lowest BCUT2D eigenvalue weighted by molar-refractivity contribution is 0.656. The average molecular weight is 412 g/mol. The average Bonchev–Trinajstić information content (AvgIpc) is 3.47. The number of nitrogens with one attached hydrogen (secondary N) is 1. The van der Waals surface area contributed by atoms with Crippen LogP contribution in [0.4, 0.5) is 0 Å². The SMILES string of the molecule is CC#CCn1nc(CCCC)nc1Cc1ccc(-c2ccccc2-c2nn[nH]n2)cc1. The third kappa shape index (κ3) is 4.86. The fourth-order valence-electron chi connectivity index (χ4n) is 3.47. The Labute approximate surface area is 181 Å². The molecule has 0 bridgehead atoms. The first kappa shape index (κ1) is 20.5. The Kier molecular flexibility index (Phi) is 6.48. The summed E-state index contributed by atoms with van der Waals surface area (Å²) >= 11 is 0. The van der Waals surface area contributed by atoms with Gasteiger partial charge in [0.2, 0.25) is 5.82 Å². The lowest BCUT2D eigenvalue weighted by Gasteiger charge is -2.08. The Morgan fingerprint density at radius 3 is 2.55 bits per heavy atom. The summed E-state index contributed by atoms with van der Waals surface area (Å²) < 4.78 is 1.93. The molecule has 0 saturated heterocycles. The summed E-state index contributed by atoms with van der Waals surface area (Å²) in [6.45, 7) is 4.60. The number of tetrazole rings is 1. The maximum atomic E-state index is 4.78. The van der Waals surface area contributed by atoms with Gasteiger partial charge in [-0.2, -0.15) is 10.3 Å². The smallest absolute Gasteiger partial charge is 0.205 e. The summed E-state index contributed by atoms with van der Waals surface area (Å²) in [6, 6.07) is 16.6. The Morgan fingerprint density at radius 2 is 1.84 bits per heavy atom. The Morgan fingerprint density at radius 1 is 1.03 bits per heavy atom. The van der Waals surface area contributed by atoms with E-state index in [1.807, 2.05) is 29.8 Å². The molecular weight excluding hydrogens is 386 g/mol. The summed E-state index contributed by atoms with van der Waals surface area (Å²) in [5.41, 5.74) is 4.30. The second-order valence-electron chi connectivity index (χ2n) is 7.29. The molecule has 31 heavy (non-hydrogen) atoms. The molecule has 4 aromatic rings. The number of aromatic amines is 1. The minimum atomic E-state index is 0.571. The molecule has 0 unspecified atom stereocenters. The van der Waals surface area contributed by atoms with Crippen LogP contribution in [0.15, 0.2) is 48.5 Å². The van der Waals surface area contributed by atoms with Crippen molar-refractivity contribution in [3.63, 3.8) is 0 Å². The van der Waals surface area contributed by atoms with Crippen molar-refractivity contribution >= 4 is 0 Å². The van der Waals surface area contributed by atoms with Gasteiger partial charge in [0.15, 0.2) is 5.82 Å². The van der Waals surface area contributed by atoms with Gasteiger partial charge in [0, 0.05) is 18.4 Å². The third-order valence-electron chi connectivity index (χ3n) is 5.09. The monoisotopic (exact) mass is 411 g/mol. The van der Waals surface area contributed by atoms with Gasteiger partial charge in [-0.05, 0) is 35.2 Å². The number of aromatic nitrogens is 7. The number of nitrogens with zero attached hydrogens (tertiary/aromatic N) is 6. The molecule has 0 spiro atoms. The lowest BCUT2D eigenvalue weighted by Crippen LogP contribution is -2.05. The van der Waals surface area contributed by atoms with E-state index in [0.29, 0.717) is 12.4 Å². The van der Waals surface area contributed by atoms with Gasteiger partial charge in [-0.25, -0.2) is 9.67 Å². The number of unbranched alkanes of at least 4 members (excludes halogenated alkanes) is 1. The van der Waals surface area contributed by atoms with Crippen LogP contribution in [0.2, 0.25) is 0 Å². The molecule has 0 aliphatic heterocycles. The maximum Gasteiger partial charge on any atom is 0.205 e. The van der Waals surface area contributed by atoms with Crippen LogP contribution in [-0.4, -0.2) is 35.4 Å². The molecule has 0 atom stereocenters. The van der Waals surface area contributed by atoms with Gasteiger partial charge in [0.05, 0.1) is 0 Å². The van der Waals surface area contributed by atoms with Gasteiger partial charge < -0.3 is 0 Å². The zero-order chi connectivity index (χ0) is 21.5. The van der Waals surface area contributed by atoms with Crippen molar-refractivity contribution < 1.29 is 0 Å². The molecule has 1 N–H and O–H groups in total. The molecule has 0 saturated carbocycles. The van der Waals surface area contributed by atoms with Crippen molar-refractivity contribution in [1.82, 2.24) is 35.4 Å². The lowest BCUT2D eigenvalue weighted by atomic mass is 9.98. The summed E-state index contributed by atoms with van der Waals surface area (Å²) in [6.07, 6.45) is 3.85. The normalized spacial score (nSPS) is 10.6. The number of hydrogen-bond acceptors (Lipinski definition) is 5. The van der Waals surface area contributed by atoms with Gasteiger partial charge in [-0.3, -0.25) is 0 Å². The summed E-state index contributed by atoms with van der Waals surface area (Å²) in [7, 11) is 0. The van der Waals surface area contributed by atoms with E-state index >= 15 is 0 Å². The molecule has 7 heteroatoms. The van der Waals surface area contributed by atoms with Gasteiger partial charge >= 0.3 is 0 Å². The number of H-pyrrole nitrogens is 1. The third-order valence-corrected chi connectivity index (χ3v) is 5.09. The van der Waals surface area contributed by atoms with E-state index in [-0.39, 0.29) is 0 Å². The summed E-state index contributed by atoms with van der Waals surface area (Å²) in [5, 5.41) is 19.1. The molecule has 156 valence electrons. The first-order chi connectivity index (χ1) is 15.3. The zero-order valence-corrected chi connectivity index (χ0v) is 17.8. The highest BCUT2D eigenvalue weighted by atomic mass is 15.5. The maximum absolute atomic E-state index is 4.78. The molecule has 0 amide bonds. The predicted octanol–water partition coefficient (Wildman–Crippen LogP) is 4.08. The highest BCUT2D eigenvalue weighted by molar-refractivity contribution is 5.80.